The van der Waals surface area contributed by atoms with Gasteiger partial charge in [0.25, 0.3) is 5.91 Å². The van der Waals surface area contributed by atoms with Crippen LogP contribution in [0.15, 0.2) is 28.7 Å². The van der Waals surface area contributed by atoms with E-state index in [0.29, 0.717) is 25.3 Å². The number of nitrogens with one attached hydrogen (secondary N) is 1. The number of halogens is 1. The molecule has 0 spiro atoms. The van der Waals surface area contributed by atoms with Gasteiger partial charge in [-0.3, -0.25) is 9.59 Å². The van der Waals surface area contributed by atoms with Crippen LogP contribution in [0.5, 0.6) is 0 Å². The molecule has 1 aliphatic rings. The van der Waals surface area contributed by atoms with E-state index in [9.17, 15) is 9.59 Å². The van der Waals surface area contributed by atoms with Crippen molar-refractivity contribution in [1.82, 2.24) is 10.2 Å². The quantitative estimate of drug-likeness (QED) is 0.905. The summed E-state index contributed by atoms with van der Waals surface area (Å²) in [5.74, 6) is -0.310. The Morgan fingerprint density at radius 3 is 2.75 bits per heavy atom. The highest BCUT2D eigenvalue weighted by Gasteiger charge is 2.32. The number of hydrogen-bond donors (Lipinski definition) is 1. The molecule has 1 fully saturated rings. The lowest BCUT2D eigenvalue weighted by Crippen LogP contribution is -2.55. The molecule has 6 heteroatoms. The number of carbonyl (C=O) groups excluding carboxylic acids is 2. The first-order valence-corrected chi connectivity index (χ1v) is 7.34. The van der Waals surface area contributed by atoms with E-state index in [-0.39, 0.29) is 18.4 Å². The largest absolute Gasteiger partial charge is 0.377 e. The highest BCUT2D eigenvalue weighted by Crippen LogP contribution is 2.16. The third-order valence-electron chi connectivity index (χ3n) is 3.13. The van der Waals surface area contributed by atoms with Crippen LogP contribution < -0.4 is 5.32 Å². The van der Waals surface area contributed by atoms with Crippen LogP contribution in [0.2, 0.25) is 0 Å². The molecule has 0 saturated carbocycles. The van der Waals surface area contributed by atoms with Gasteiger partial charge in [0.15, 0.2) is 0 Å². The molecule has 0 aliphatic carbocycles. The van der Waals surface area contributed by atoms with E-state index in [1.54, 1.807) is 17.0 Å². The van der Waals surface area contributed by atoms with E-state index >= 15 is 0 Å². The molecular formula is C14H17BrN2O3. The normalized spacial score (nSPS) is 18.7. The minimum Gasteiger partial charge on any atom is -0.377 e. The Balaban J connectivity index is 2.16. The van der Waals surface area contributed by atoms with Gasteiger partial charge in [-0.05, 0) is 31.2 Å². The molecule has 1 heterocycles. The van der Waals surface area contributed by atoms with Gasteiger partial charge in [-0.2, -0.15) is 0 Å². The van der Waals surface area contributed by atoms with Gasteiger partial charge in [-0.25, -0.2) is 0 Å². The second kappa shape index (κ2) is 6.85. The summed E-state index contributed by atoms with van der Waals surface area (Å²) < 4.78 is 6.24. The predicted molar refractivity (Wildman–Crippen MR) is 78.5 cm³/mol. The molecule has 0 aromatic heterocycles. The molecule has 1 aromatic carbocycles. The molecule has 108 valence electrons. The van der Waals surface area contributed by atoms with Crippen LogP contribution in [0.3, 0.4) is 0 Å². The van der Waals surface area contributed by atoms with Gasteiger partial charge < -0.3 is 15.0 Å². The van der Waals surface area contributed by atoms with E-state index in [4.69, 9.17) is 4.74 Å². The Morgan fingerprint density at radius 1 is 1.40 bits per heavy atom. The van der Waals surface area contributed by atoms with Crippen LogP contribution in [0.25, 0.3) is 0 Å². The molecule has 1 aliphatic heterocycles. The number of rotatable bonds is 3. The van der Waals surface area contributed by atoms with Crippen LogP contribution in [0.4, 0.5) is 0 Å². The van der Waals surface area contributed by atoms with E-state index < -0.39 is 6.04 Å². The van der Waals surface area contributed by atoms with Crippen molar-refractivity contribution in [3.8, 4) is 0 Å². The maximum absolute atomic E-state index is 12.5. The van der Waals surface area contributed by atoms with E-state index in [1.807, 2.05) is 19.1 Å². The first-order chi connectivity index (χ1) is 9.63. The monoisotopic (exact) mass is 340 g/mol. The summed E-state index contributed by atoms with van der Waals surface area (Å²) in [5, 5.41) is 2.74. The van der Waals surface area contributed by atoms with Crippen LogP contribution in [-0.4, -0.2) is 49.1 Å². The van der Waals surface area contributed by atoms with Gasteiger partial charge in [0.2, 0.25) is 5.91 Å². The summed E-state index contributed by atoms with van der Waals surface area (Å²) in [6.45, 7) is 3.51. The highest BCUT2D eigenvalue weighted by atomic mass is 79.9. The number of ether oxygens (including phenoxy) is 1. The maximum atomic E-state index is 12.5. The topological polar surface area (TPSA) is 58.6 Å². The third kappa shape index (κ3) is 3.37. The zero-order chi connectivity index (χ0) is 14.5. The molecule has 2 rings (SSSR count). The zero-order valence-electron chi connectivity index (χ0n) is 11.3. The average molecular weight is 341 g/mol. The van der Waals surface area contributed by atoms with Crippen molar-refractivity contribution in [2.45, 2.75) is 13.0 Å². The minimum atomic E-state index is -0.556. The Kier molecular flexibility index (Phi) is 5.14. The van der Waals surface area contributed by atoms with Crippen LogP contribution in [0.1, 0.15) is 17.3 Å². The smallest absolute Gasteiger partial charge is 0.254 e. The fourth-order valence-electron chi connectivity index (χ4n) is 2.11. The van der Waals surface area contributed by atoms with Crippen molar-refractivity contribution in [2.24, 2.45) is 0 Å². The number of benzene rings is 1. The zero-order valence-corrected chi connectivity index (χ0v) is 12.9. The SMILES string of the molecule is CCNC(=O)C1COCCN1C(=O)c1ccc(Br)cc1. The van der Waals surface area contributed by atoms with Crippen LogP contribution >= 0.6 is 15.9 Å². The molecule has 0 radical (unpaired) electrons. The number of morpholine rings is 1. The standard InChI is InChI=1S/C14H17BrN2O3/c1-2-16-13(18)12-9-20-8-7-17(12)14(19)10-3-5-11(15)6-4-10/h3-6,12H,2,7-9H2,1H3,(H,16,18). The van der Waals surface area contributed by atoms with E-state index in [0.717, 1.165) is 4.47 Å². The first-order valence-electron chi connectivity index (χ1n) is 6.55. The molecule has 20 heavy (non-hydrogen) atoms. The van der Waals surface area contributed by atoms with Gasteiger partial charge in [-0.1, -0.05) is 15.9 Å². The van der Waals surface area contributed by atoms with Gasteiger partial charge >= 0.3 is 0 Å². The first kappa shape index (κ1) is 15.0. The molecule has 1 unspecified atom stereocenters. The van der Waals surface area contributed by atoms with E-state index in [2.05, 4.69) is 21.2 Å². The molecule has 5 nitrogen and oxygen atoms in total. The van der Waals surface area contributed by atoms with Crippen molar-refractivity contribution >= 4 is 27.7 Å². The summed E-state index contributed by atoms with van der Waals surface area (Å²) in [6.07, 6.45) is 0. The molecule has 1 atom stereocenters. The Morgan fingerprint density at radius 2 is 2.10 bits per heavy atom. The van der Waals surface area contributed by atoms with Crippen molar-refractivity contribution in [2.75, 3.05) is 26.3 Å². The Bertz CT molecular complexity index is 490. The Hall–Kier alpha value is -1.40. The number of nitrogens with zero attached hydrogens (tertiary/aromatic N) is 1. The average Bonchev–Trinajstić information content (AvgIpc) is 2.47. The molecule has 2 amide bonds. The number of likely N-dealkylation sites (N-methyl/N-ethyl adjacent to an activating group) is 1. The van der Waals surface area contributed by atoms with Crippen molar-refractivity contribution < 1.29 is 14.3 Å². The number of amides is 2. The van der Waals surface area contributed by atoms with Gasteiger partial charge in [0.1, 0.15) is 6.04 Å². The summed E-state index contributed by atoms with van der Waals surface area (Å²) in [4.78, 5) is 26.1. The predicted octanol–water partition coefficient (Wildman–Crippen LogP) is 1.43. The van der Waals surface area contributed by atoms with Gasteiger partial charge in [-0.15, -0.1) is 0 Å². The summed E-state index contributed by atoms with van der Waals surface area (Å²) in [5.41, 5.74) is 0.574. The molecular weight excluding hydrogens is 324 g/mol. The number of carbonyl (C=O) groups is 2. The molecule has 1 N–H and O–H groups in total. The summed E-state index contributed by atoms with van der Waals surface area (Å²) >= 11 is 3.34. The minimum absolute atomic E-state index is 0.142. The van der Waals surface area contributed by atoms with Gasteiger partial charge in [0, 0.05) is 23.1 Å². The summed E-state index contributed by atoms with van der Waals surface area (Å²) in [6, 6.07) is 6.57. The second-order valence-electron chi connectivity index (χ2n) is 4.49. The Labute approximate surface area is 126 Å². The maximum Gasteiger partial charge on any atom is 0.254 e. The lowest BCUT2D eigenvalue weighted by Gasteiger charge is -2.34. The highest BCUT2D eigenvalue weighted by molar-refractivity contribution is 9.10. The fraction of sp³-hybridized carbons (Fsp3) is 0.429. The van der Waals surface area contributed by atoms with Crippen molar-refractivity contribution in [3.05, 3.63) is 34.3 Å². The molecule has 1 saturated heterocycles. The number of hydrogen-bond acceptors (Lipinski definition) is 3. The lowest BCUT2D eigenvalue weighted by molar-refractivity contribution is -0.130. The van der Waals surface area contributed by atoms with Gasteiger partial charge in [0.05, 0.1) is 13.2 Å². The lowest BCUT2D eigenvalue weighted by atomic mass is 10.1. The van der Waals surface area contributed by atoms with Crippen molar-refractivity contribution in [3.63, 3.8) is 0 Å². The second-order valence-corrected chi connectivity index (χ2v) is 5.41. The molecule has 1 aromatic rings. The van der Waals surface area contributed by atoms with Crippen LogP contribution in [-0.2, 0) is 9.53 Å². The van der Waals surface area contributed by atoms with Crippen LogP contribution in [0, 0.1) is 0 Å². The van der Waals surface area contributed by atoms with E-state index in [1.165, 1.54) is 0 Å². The third-order valence-corrected chi connectivity index (χ3v) is 3.66. The van der Waals surface area contributed by atoms with Crippen molar-refractivity contribution in [1.29, 1.82) is 0 Å². The summed E-state index contributed by atoms with van der Waals surface area (Å²) in [7, 11) is 0. The molecule has 0 bridgehead atoms. The fourth-order valence-corrected chi connectivity index (χ4v) is 2.38.